The number of thiophene rings is 1. The fraction of sp³-hybridized carbons (Fsp3) is 0.333. The minimum absolute atomic E-state index is 0.0466. The molecule has 0 saturated carbocycles. The van der Waals surface area contributed by atoms with Crippen LogP contribution < -0.4 is 5.56 Å². The minimum Gasteiger partial charge on any atom is -0.463 e. The van der Waals surface area contributed by atoms with Crippen molar-refractivity contribution in [1.82, 2.24) is 9.55 Å². The number of hydrogen-bond acceptors (Lipinski definition) is 8. The highest BCUT2D eigenvalue weighted by Gasteiger charge is 2.19. The third-order valence-electron chi connectivity index (χ3n) is 3.89. The second-order valence-corrected chi connectivity index (χ2v) is 6.61. The van der Waals surface area contributed by atoms with Crippen molar-refractivity contribution in [3.8, 4) is 0 Å². The second-order valence-electron chi connectivity index (χ2n) is 5.75. The van der Waals surface area contributed by atoms with E-state index in [1.54, 1.807) is 11.4 Å². The third kappa shape index (κ3) is 3.92. The quantitative estimate of drug-likeness (QED) is 0.452. The zero-order chi connectivity index (χ0) is 19.4. The molecule has 0 amide bonds. The van der Waals surface area contributed by atoms with Crippen LogP contribution in [0.25, 0.3) is 10.2 Å². The topological polar surface area (TPSA) is 101 Å². The Morgan fingerprint density at radius 2 is 2.11 bits per heavy atom. The average Bonchev–Trinajstić information content (AvgIpc) is 3.31. The van der Waals surface area contributed by atoms with Crippen molar-refractivity contribution in [1.29, 1.82) is 0 Å². The standard InChI is InChI=1S/C18H18N2O6S/c1-3-4-7-25-17(22)12-9-27-15-14(12)16(21)20(10-19-15)8-11-5-6-13(26-11)18(23)24-2/h5-6,9-10H,3-4,7-8H2,1-2H3. The van der Waals surface area contributed by atoms with E-state index in [0.717, 1.165) is 12.8 Å². The molecule has 0 fully saturated rings. The lowest BCUT2D eigenvalue weighted by Crippen LogP contribution is -2.22. The number of methoxy groups -OCH3 is 1. The van der Waals surface area contributed by atoms with Crippen molar-refractivity contribution >= 4 is 33.5 Å². The van der Waals surface area contributed by atoms with Crippen LogP contribution in [0.5, 0.6) is 0 Å². The molecule has 8 nitrogen and oxygen atoms in total. The largest absolute Gasteiger partial charge is 0.463 e. The average molecular weight is 390 g/mol. The van der Waals surface area contributed by atoms with Crippen LogP contribution in [-0.4, -0.2) is 35.2 Å². The van der Waals surface area contributed by atoms with Crippen molar-refractivity contribution in [3.05, 3.63) is 51.3 Å². The number of furan rings is 1. The lowest BCUT2D eigenvalue weighted by molar-refractivity contribution is 0.0501. The fourth-order valence-electron chi connectivity index (χ4n) is 2.46. The number of ether oxygens (including phenoxy) is 2. The Balaban J connectivity index is 1.89. The van der Waals surface area contributed by atoms with Gasteiger partial charge < -0.3 is 13.9 Å². The molecule has 0 N–H and O–H groups in total. The van der Waals surface area contributed by atoms with Crippen LogP contribution in [0.4, 0.5) is 0 Å². The van der Waals surface area contributed by atoms with Crippen molar-refractivity contribution in [3.63, 3.8) is 0 Å². The lowest BCUT2D eigenvalue weighted by Gasteiger charge is -2.05. The molecule has 3 aromatic heterocycles. The van der Waals surface area contributed by atoms with Gasteiger partial charge in [0.2, 0.25) is 5.76 Å². The molecule has 0 radical (unpaired) electrons. The summed E-state index contributed by atoms with van der Waals surface area (Å²) in [5.41, 5.74) is -0.160. The van der Waals surface area contributed by atoms with Crippen LogP contribution in [0.3, 0.4) is 0 Å². The molecule has 3 aromatic rings. The van der Waals surface area contributed by atoms with E-state index in [1.165, 1.54) is 35.4 Å². The van der Waals surface area contributed by atoms with Crippen molar-refractivity contribution < 1.29 is 23.5 Å². The Morgan fingerprint density at radius 1 is 1.30 bits per heavy atom. The van der Waals surface area contributed by atoms with Crippen LogP contribution in [0, 0.1) is 0 Å². The molecule has 0 aliphatic rings. The number of hydrogen-bond donors (Lipinski definition) is 0. The molecule has 0 aromatic carbocycles. The monoisotopic (exact) mass is 390 g/mol. The normalized spacial score (nSPS) is 10.9. The molecular weight excluding hydrogens is 372 g/mol. The van der Waals surface area contributed by atoms with Crippen LogP contribution in [-0.2, 0) is 16.0 Å². The van der Waals surface area contributed by atoms with E-state index in [-0.39, 0.29) is 28.8 Å². The van der Waals surface area contributed by atoms with Crippen molar-refractivity contribution in [2.45, 2.75) is 26.3 Å². The summed E-state index contributed by atoms with van der Waals surface area (Å²) in [6.45, 7) is 2.37. The highest BCUT2D eigenvalue weighted by Crippen LogP contribution is 2.22. The summed E-state index contributed by atoms with van der Waals surface area (Å²) < 4.78 is 16.5. The predicted octanol–water partition coefficient (Wildman–Crippen LogP) is 2.84. The number of esters is 2. The number of carbonyl (C=O) groups is 2. The van der Waals surface area contributed by atoms with Gasteiger partial charge in [-0.2, -0.15) is 0 Å². The van der Waals surface area contributed by atoms with Crippen molar-refractivity contribution in [2.75, 3.05) is 13.7 Å². The summed E-state index contributed by atoms with van der Waals surface area (Å²) in [5, 5.41) is 1.81. The second kappa shape index (κ2) is 8.17. The molecule has 3 heterocycles. The Morgan fingerprint density at radius 3 is 2.85 bits per heavy atom. The first-order chi connectivity index (χ1) is 13.0. The number of nitrogens with zero attached hydrogens (tertiary/aromatic N) is 2. The number of rotatable bonds is 7. The van der Waals surface area contributed by atoms with Gasteiger partial charge in [-0.1, -0.05) is 13.3 Å². The lowest BCUT2D eigenvalue weighted by atomic mass is 10.2. The summed E-state index contributed by atoms with van der Waals surface area (Å²) in [5.74, 6) is -0.694. The van der Waals surface area contributed by atoms with Crippen molar-refractivity contribution in [2.24, 2.45) is 0 Å². The van der Waals surface area contributed by atoms with Gasteiger partial charge in [0.25, 0.3) is 5.56 Å². The van der Waals surface area contributed by atoms with Gasteiger partial charge >= 0.3 is 11.9 Å². The first-order valence-corrected chi connectivity index (χ1v) is 9.24. The van der Waals surface area contributed by atoms with Crippen LogP contribution in [0.1, 0.15) is 46.4 Å². The maximum atomic E-state index is 12.8. The van der Waals surface area contributed by atoms with Gasteiger partial charge in [-0.05, 0) is 18.6 Å². The molecule has 3 rings (SSSR count). The molecule has 0 saturated heterocycles. The summed E-state index contributed by atoms with van der Waals surface area (Å²) >= 11 is 1.21. The van der Waals surface area contributed by atoms with Gasteiger partial charge in [0, 0.05) is 5.38 Å². The molecule has 142 valence electrons. The molecule has 0 unspecified atom stereocenters. The fourth-order valence-corrected chi connectivity index (χ4v) is 3.33. The molecular formula is C18H18N2O6S. The minimum atomic E-state index is -0.600. The van der Waals surface area contributed by atoms with Gasteiger partial charge in [0.15, 0.2) is 0 Å². The van der Waals surface area contributed by atoms with E-state index in [4.69, 9.17) is 9.15 Å². The number of fused-ring (bicyclic) bond motifs is 1. The molecule has 0 spiro atoms. The smallest absolute Gasteiger partial charge is 0.373 e. The summed E-state index contributed by atoms with van der Waals surface area (Å²) in [7, 11) is 1.25. The molecule has 0 aliphatic heterocycles. The first-order valence-electron chi connectivity index (χ1n) is 8.36. The highest BCUT2D eigenvalue weighted by atomic mass is 32.1. The third-order valence-corrected chi connectivity index (χ3v) is 4.77. The van der Waals surface area contributed by atoms with Gasteiger partial charge in [-0.15, -0.1) is 11.3 Å². The van der Waals surface area contributed by atoms with Crippen LogP contribution in [0.2, 0.25) is 0 Å². The van der Waals surface area contributed by atoms with E-state index in [0.29, 0.717) is 17.2 Å². The molecule has 0 bridgehead atoms. The number of unbranched alkanes of at least 4 members (excludes halogenated alkanes) is 1. The van der Waals surface area contributed by atoms with Crippen LogP contribution >= 0.6 is 11.3 Å². The van der Waals surface area contributed by atoms with E-state index >= 15 is 0 Å². The SMILES string of the molecule is CCCCOC(=O)c1csc2ncn(Cc3ccc(C(=O)OC)o3)c(=O)c12. The predicted molar refractivity (Wildman–Crippen MR) is 98.2 cm³/mol. The zero-order valence-electron chi connectivity index (χ0n) is 14.9. The molecule has 0 aliphatic carbocycles. The molecule has 0 atom stereocenters. The van der Waals surface area contributed by atoms with E-state index in [2.05, 4.69) is 9.72 Å². The Bertz CT molecular complexity index is 1030. The van der Waals surface area contributed by atoms with Gasteiger partial charge in [-0.3, -0.25) is 9.36 Å². The molecule has 9 heteroatoms. The summed E-state index contributed by atoms with van der Waals surface area (Å²) in [4.78, 5) is 41.3. The molecule has 27 heavy (non-hydrogen) atoms. The Labute approximate surface area is 158 Å². The zero-order valence-corrected chi connectivity index (χ0v) is 15.7. The van der Waals surface area contributed by atoms with Gasteiger partial charge in [0.1, 0.15) is 10.6 Å². The highest BCUT2D eigenvalue weighted by molar-refractivity contribution is 7.17. The van der Waals surface area contributed by atoms with Gasteiger partial charge in [-0.25, -0.2) is 14.6 Å². The Hall–Kier alpha value is -2.94. The maximum absolute atomic E-state index is 12.8. The van der Waals surface area contributed by atoms with E-state index in [1.807, 2.05) is 6.92 Å². The summed E-state index contributed by atoms with van der Waals surface area (Å²) in [6.07, 6.45) is 3.05. The first kappa shape index (κ1) is 18.8. The Kier molecular flexibility index (Phi) is 5.70. The number of carbonyl (C=O) groups excluding carboxylic acids is 2. The number of aromatic nitrogens is 2. The summed E-state index contributed by atoms with van der Waals surface area (Å²) in [6, 6.07) is 3.05. The maximum Gasteiger partial charge on any atom is 0.373 e. The van der Waals surface area contributed by atoms with Gasteiger partial charge in [0.05, 0.1) is 37.5 Å². The van der Waals surface area contributed by atoms with E-state index < -0.39 is 11.9 Å². The van der Waals surface area contributed by atoms with Crippen LogP contribution in [0.15, 0.2) is 33.1 Å². The van der Waals surface area contributed by atoms with E-state index in [9.17, 15) is 14.4 Å².